The Morgan fingerprint density at radius 2 is 2.09 bits per heavy atom. The number of allylic oxidation sites excluding steroid dienone is 3. The van der Waals surface area contributed by atoms with Crippen LogP contribution < -0.4 is 0 Å². The Morgan fingerprint density at radius 3 is 2.36 bits per heavy atom. The van der Waals surface area contributed by atoms with Crippen LogP contribution in [0.2, 0.25) is 0 Å². The maximum absolute atomic E-state index is 5.76. The highest BCUT2D eigenvalue weighted by Gasteiger charge is 2.28. The molecule has 0 nitrogen and oxygen atoms in total. The molecule has 2 atom stereocenters. The average molecular weight is 189 g/mol. The van der Waals surface area contributed by atoms with E-state index in [1.807, 2.05) is 0 Å². The predicted molar refractivity (Wildman–Crippen MR) is 48.7 cm³/mol. The van der Waals surface area contributed by atoms with Crippen molar-refractivity contribution in [3.05, 3.63) is 22.2 Å². The van der Waals surface area contributed by atoms with Gasteiger partial charge in [-0.25, -0.2) is 0 Å². The van der Waals surface area contributed by atoms with Gasteiger partial charge in [0.15, 0.2) is 0 Å². The zero-order chi connectivity index (χ0) is 7.84. The zero-order valence-corrected chi connectivity index (χ0v) is 7.70. The molecule has 0 radical (unpaired) electrons. The molecule has 0 spiro atoms. The summed E-state index contributed by atoms with van der Waals surface area (Å²) in [7, 11) is 0. The molecular formula is C9H10Cl2. The number of halogens is 2. The summed E-state index contributed by atoms with van der Waals surface area (Å²) in [5.74, 6) is 1.26. The van der Waals surface area contributed by atoms with Crippen LogP contribution in [0.4, 0.5) is 0 Å². The number of rotatable bonds is 0. The van der Waals surface area contributed by atoms with Crippen molar-refractivity contribution in [1.29, 1.82) is 0 Å². The van der Waals surface area contributed by atoms with Crippen molar-refractivity contribution in [2.75, 3.05) is 0 Å². The van der Waals surface area contributed by atoms with E-state index in [1.54, 1.807) is 0 Å². The van der Waals surface area contributed by atoms with Gasteiger partial charge in [0.2, 0.25) is 0 Å². The highest BCUT2D eigenvalue weighted by Crippen LogP contribution is 2.42. The van der Waals surface area contributed by atoms with Crippen LogP contribution in [0.15, 0.2) is 22.2 Å². The Hall–Kier alpha value is 0.0600. The Labute approximate surface area is 76.9 Å². The van der Waals surface area contributed by atoms with E-state index in [-0.39, 0.29) is 0 Å². The van der Waals surface area contributed by atoms with Crippen LogP contribution in [0, 0.1) is 11.8 Å². The van der Waals surface area contributed by atoms with Crippen LogP contribution in [0.3, 0.4) is 0 Å². The second-order valence-corrected chi connectivity index (χ2v) is 4.27. The summed E-state index contributed by atoms with van der Waals surface area (Å²) in [6, 6.07) is 0. The van der Waals surface area contributed by atoms with Crippen molar-refractivity contribution in [3.8, 4) is 0 Å². The third kappa shape index (κ3) is 1.34. The van der Waals surface area contributed by atoms with Crippen LogP contribution in [0.5, 0.6) is 0 Å². The molecular weight excluding hydrogens is 179 g/mol. The fraction of sp³-hybridized carbons (Fsp3) is 0.556. The van der Waals surface area contributed by atoms with Crippen LogP contribution in [0.25, 0.3) is 0 Å². The molecule has 0 aromatic heterocycles. The molecule has 1 fully saturated rings. The topological polar surface area (TPSA) is 0 Å². The first-order chi connectivity index (χ1) is 5.27. The molecule has 2 bridgehead atoms. The summed E-state index contributed by atoms with van der Waals surface area (Å²) in [5, 5.41) is 0. The smallest absolute Gasteiger partial charge is 0.0845 e. The van der Waals surface area contributed by atoms with Gasteiger partial charge in [0.05, 0.1) is 0 Å². The lowest BCUT2D eigenvalue weighted by Crippen LogP contribution is -2.20. The van der Waals surface area contributed by atoms with Gasteiger partial charge in [0.1, 0.15) is 4.49 Å². The molecule has 3 aliphatic carbocycles. The Morgan fingerprint density at radius 1 is 1.27 bits per heavy atom. The third-order valence-electron chi connectivity index (χ3n) is 2.64. The highest BCUT2D eigenvalue weighted by molar-refractivity contribution is 6.56. The largest absolute Gasteiger partial charge is 0.106 e. The molecule has 1 saturated carbocycles. The van der Waals surface area contributed by atoms with Gasteiger partial charge in [-0.3, -0.25) is 0 Å². The number of hydrogen-bond acceptors (Lipinski definition) is 0. The quantitative estimate of drug-likeness (QED) is 0.510. The van der Waals surface area contributed by atoms with Gasteiger partial charge in [0, 0.05) is 5.92 Å². The van der Waals surface area contributed by atoms with Crippen LogP contribution in [-0.2, 0) is 0 Å². The van der Waals surface area contributed by atoms with Crippen molar-refractivity contribution < 1.29 is 0 Å². The minimum absolute atomic E-state index is 0.504. The van der Waals surface area contributed by atoms with Crippen LogP contribution in [-0.4, -0.2) is 0 Å². The Balaban J connectivity index is 2.31. The molecule has 3 aliphatic rings. The van der Waals surface area contributed by atoms with Crippen LogP contribution in [0.1, 0.15) is 19.3 Å². The molecule has 60 valence electrons. The summed E-state index contributed by atoms with van der Waals surface area (Å²) >= 11 is 11.5. The normalized spacial score (nSPS) is 34.5. The van der Waals surface area contributed by atoms with Crippen molar-refractivity contribution >= 4 is 23.2 Å². The fourth-order valence-electron chi connectivity index (χ4n) is 1.99. The maximum atomic E-state index is 5.76. The van der Waals surface area contributed by atoms with Crippen molar-refractivity contribution in [2.45, 2.75) is 19.3 Å². The molecule has 0 aromatic rings. The Kier molecular flexibility index (Phi) is 1.98. The molecule has 3 rings (SSSR count). The first-order valence-electron chi connectivity index (χ1n) is 3.99. The molecule has 2 heteroatoms. The first kappa shape index (κ1) is 7.70. The van der Waals surface area contributed by atoms with Gasteiger partial charge in [-0.1, -0.05) is 35.4 Å². The van der Waals surface area contributed by atoms with E-state index in [0.29, 0.717) is 16.3 Å². The van der Waals surface area contributed by atoms with Gasteiger partial charge in [-0.2, -0.15) is 0 Å². The molecule has 11 heavy (non-hydrogen) atoms. The Bertz CT molecular complexity index is 224. The summed E-state index contributed by atoms with van der Waals surface area (Å²) in [5.41, 5.74) is 1.26. The van der Waals surface area contributed by atoms with Crippen molar-refractivity contribution in [1.82, 2.24) is 0 Å². The van der Waals surface area contributed by atoms with E-state index in [0.717, 1.165) is 6.42 Å². The van der Waals surface area contributed by atoms with Gasteiger partial charge < -0.3 is 0 Å². The summed E-state index contributed by atoms with van der Waals surface area (Å²) in [6.45, 7) is 0. The minimum atomic E-state index is 0.504. The molecule has 0 aliphatic heterocycles. The van der Waals surface area contributed by atoms with Crippen LogP contribution >= 0.6 is 23.2 Å². The highest BCUT2D eigenvalue weighted by atomic mass is 35.5. The van der Waals surface area contributed by atoms with E-state index in [4.69, 9.17) is 23.2 Å². The van der Waals surface area contributed by atoms with E-state index in [1.165, 1.54) is 18.4 Å². The SMILES string of the molecule is ClC(Cl)=C1C[C@@H]2C=C[C@H]1CC2. The minimum Gasteiger partial charge on any atom is -0.0845 e. The lowest BCUT2D eigenvalue weighted by Gasteiger charge is -2.33. The van der Waals surface area contributed by atoms with Gasteiger partial charge in [-0.05, 0) is 30.8 Å². The molecule has 0 aromatic carbocycles. The monoisotopic (exact) mass is 188 g/mol. The fourth-order valence-corrected chi connectivity index (χ4v) is 2.42. The molecule has 0 N–H and O–H groups in total. The standard InChI is InChI=1S/C9H10Cl2/c10-9(11)8-5-6-1-3-7(8)4-2-6/h1,3,6-7H,2,4-5H2/t6-,7+/m1/s1. The first-order valence-corrected chi connectivity index (χ1v) is 4.75. The third-order valence-corrected chi connectivity index (χ3v) is 3.12. The maximum Gasteiger partial charge on any atom is 0.106 e. The second-order valence-electron chi connectivity index (χ2n) is 3.32. The van der Waals surface area contributed by atoms with Gasteiger partial charge >= 0.3 is 0 Å². The zero-order valence-electron chi connectivity index (χ0n) is 6.19. The van der Waals surface area contributed by atoms with Gasteiger partial charge in [-0.15, -0.1) is 0 Å². The number of fused-ring (bicyclic) bond motifs is 2. The summed E-state index contributed by atoms with van der Waals surface area (Å²) in [6.07, 6.45) is 8.18. The van der Waals surface area contributed by atoms with E-state index in [2.05, 4.69) is 12.2 Å². The van der Waals surface area contributed by atoms with E-state index >= 15 is 0 Å². The average Bonchev–Trinajstić information content (AvgIpc) is 2.06. The van der Waals surface area contributed by atoms with Gasteiger partial charge in [0.25, 0.3) is 0 Å². The molecule has 0 unspecified atom stereocenters. The van der Waals surface area contributed by atoms with Crippen molar-refractivity contribution in [2.24, 2.45) is 11.8 Å². The lowest BCUT2D eigenvalue weighted by atomic mass is 9.73. The van der Waals surface area contributed by atoms with E-state index in [9.17, 15) is 0 Å². The second kappa shape index (κ2) is 2.84. The van der Waals surface area contributed by atoms with Crippen molar-refractivity contribution in [3.63, 3.8) is 0 Å². The molecule has 0 heterocycles. The predicted octanol–water partition coefficient (Wildman–Crippen LogP) is 3.66. The molecule has 0 saturated heterocycles. The van der Waals surface area contributed by atoms with E-state index < -0.39 is 0 Å². The molecule has 0 amide bonds. The summed E-state index contributed by atoms with van der Waals surface area (Å²) < 4.78 is 0.504. The lowest BCUT2D eigenvalue weighted by molar-refractivity contribution is 0.411. The summed E-state index contributed by atoms with van der Waals surface area (Å²) in [4.78, 5) is 0. The number of hydrogen-bond donors (Lipinski definition) is 0.